The number of hydrogen-bond acceptors (Lipinski definition) is 4. The van der Waals surface area contributed by atoms with Crippen molar-refractivity contribution in [3.05, 3.63) is 44.8 Å². The van der Waals surface area contributed by atoms with E-state index < -0.39 is 0 Å². The molecule has 0 saturated carbocycles. The molecular formula is C16H18N2O2S2. The number of likely N-dealkylation sites (N-methyl/N-ethyl adjacent to an activating group) is 1. The lowest BCUT2D eigenvalue weighted by Crippen LogP contribution is -2.44. The highest BCUT2D eigenvalue weighted by molar-refractivity contribution is 7.10. The van der Waals surface area contributed by atoms with Crippen molar-refractivity contribution in [2.24, 2.45) is 0 Å². The molecule has 1 aliphatic heterocycles. The Morgan fingerprint density at radius 3 is 2.59 bits per heavy atom. The molecular weight excluding hydrogens is 316 g/mol. The van der Waals surface area contributed by atoms with Crippen molar-refractivity contribution in [2.45, 2.75) is 32.0 Å². The fourth-order valence-electron chi connectivity index (χ4n) is 2.73. The molecule has 116 valence electrons. The summed E-state index contributed by atoms with van der Waals surface area (Å²) in [6, 6.07) is 7.67. The van der Waals surface area contributed by atoms with Gasteiger partial charge in [0.25, 0.3) is 0 Å². The second kappa shape index (κ2) is 6.62. The Bertz CT molecular complexity index is 637. The third-order valence-corrected chi connectivity index (χ3v) is 5.59. The molecule has 1 aliphatic rings. The Morgan fingerprint density at radius 2 is 1.95 bits per heavy atom. The summed E-state index contributed by atoms with van der Waals surface area (Å²) in [5.41, 5.74) is 0. The van der Waals surface area contributed by atoms with Gasteiger partial charge in [-0.1, -0.05) is 12.1 Å². The normalized spacial score (nSPS) is 18.0. The van der Waals surface area contributed by atoms with Crippen molar-refractivity contribution in [3.8, 4) is 0 Å². The number of thiophene rings is 2. The van der Waals surface area contributed by atoms with Gasteiger partial charge in [0.1, 0.15) is 6.04 Å². The van der Waals surface area contributed by atoms with Crippen LogP contribution in [0.4, 0.5) is 0 Å². The highest BCUT2D eigenvalue weighted by atomic mass is 32.1. The van der Waals surface area contributed by atoms with E-state index in [9.17, 15) is 9.59 Å². The van der Waals surface area contributed by atoms with E-state index in [-0.39, 0.29) is 17.9 Å². The van der Waals surface area contributed by atoms with Gasteiger partial charge in [0.15, 0.2) is 0 Å². The second-order valence-electron chi connectivity index (χ2n) is 5.43. The van der Waals surface area contributed by atoms with Gasteiger partial charge < -0.3 is 9.80 Å². The number of rotatable bonds is 5. The lowest BCUT2D eigenvalue weighted by molar-refractivity contribution is -0.141. The minimum Gasteiger partial charge on any atom is -0.339 e. The number of carbonyl (C=O) groups excluding carboxylic acids is 2. The predicted molar refractivity (Wildman–Crippen MR) is 88.7 cm³/mol. The summed E-state index contributed by atoms with van der Waals surface area (Å²) in [6.45, 7) is 1.15. The lowest BCUT2D eigenvalue weighted by Gasteiger charge is -2.27. The van der Waals surface area contributed by atoms with Crippen LogP contribution in [0.25, 0.3) is 0 Å². The van der Waals surface area contributed by atoms with Crippen LogP contribution in [0.2, 0.25) is 0 Å². The highest BCUT2D eigenvalue weighted by Crippen LogP contribution is 2.25. The Balaban J connectivity index is 1.68. The topological polar surface area (TPSA) is 40.6 Å². The zero-order valence-corrected chi connectivity index (χ0v) is 14.0. The minimum atomic E-state index is -0.320. The number of hydrogen-bond donors (Lipinski definition) is 0. The molecule has 1 fully saturated rings. The van der Waals surface area contributed by atoms with Gasteiger partial charge in [-0.25, -0.2) is 0 Å². The Morgan fingerprint density at radius 1 is 1.27 bits per heavy atom. The summed E-state index contributed by atoms with van der Waals surface area (Å²) in [4.78, 5) is 30.6. The van der Waals surface area contributed by atoms with Crippen molar-refractivity contribution in [3.63, 3.8) is 0 Å². The third-order valence-electron chi connectivity index (χ3n) is 3.87. The van der Waals surface area contributed by atoms with E-state index in [1.165, 1.54) is 0 Å². The van der Waals surface area contributed by atoms with E-state index in [1.54, 1.807) is 32.5 Å². The SMILES string of the molecule is CN(Cc1cccs1)C(=O)[C@H]1CCC(=O)N1Cc1cccs1. The van der Waals surface area contributed by atoms with Gasteiger partial charge in [0.05, 0.1) is 13.1 Å². The van der Waals surface area contributed by atoms with Crippen molar-refractivity contribution >= 4 is 34.5 Å². The molecule has 3 rings (SSSR count). The Kier molecular flexibility index (Phi) is 4.59. The van der Waals surface area contributed by atoms with Crippen LogP contribution in [0, 0.1) is 0 Å². The monoisotopic (exact) mass is 334 g/mol. The second-order valence-corrected chi connectivity index (χ2v) is 7.49. The molecule has 0 unspecified atom stereocenters. The van der Waals surface area contributed by atoms with Gasteiger partial charge >= 0.3 is 0 Å². The molecule has 0 bridgehead atoms. The highest BCUT2D eigenvalue weighted by Gasteiger charge is 2.37. The zero-order valence-electron chi connectivity index (χ0n) is 12.4. The first kappa shape index (κ1) is 15.2. The summed E-state index contributed by atoms with van der Waals surface area (Å²) in [5.74, 6) is 0.118. The molecule has 0 N–H and O–H groups in total. The van der Waals surface area contributed by atoms with E-state index in [2.05, 4.69) is 0 Å². The number of nitrogens with zero attached hydrogens (tertiary/aromatic N) is 2. The first-order valence-electron chi connectivity index (χ1n) is 7.24. The van der Waals surface area contributed by atoms with Crippen LogP contribution in [0.15, 0.2) is 35.0 Å². The van der Waals surface area contributed by atoms with Crippen molar-refractivity contribution in [2.75, 3.05) is 7.05 Å². The molecule has 4 nitrogen and oxygen atoms in total. The number of carbonyl (C=O) groups is 2. The molecule has 3 heterocycles. The number of likely N-dealkylation sites (tertiary alicyclic amines) is 1. The van der Waals surface area contributed by atoms with Crippen molar-refractivity contribution in [1.82, 2.24) is 9.80 Å². The van der Waals surface area contributed by atoms with Gasteiger partial charge in [0.2, 0.25) is 11.8 Å². The van der Waals surface area contributed by atoms with Crippen molar-refractivity contribution in [1.29, 1.82) is 0 Å². The molecule has 6 heteroatoms. The molecule has 0 radical (unpaired) electrons. The molecule has 0 aromatic carbocycles. The predicted octanol–water partition coefficient (Wildman–Crippen LogP) is 2.96. The van der Waals surface area contributed by atoms with E-state index in [4.69, 9.17) is 0 Å². The first-order valence-corrected chi connectivity index (χ1v) is 9.00. The quantitative estimate of drug-likeness (QED) is 0.843. The molecule has 2 amide bonds. The molecule has 0 spiro atoms. The largest absolute Gasteiger partial charge is 0.339 e. The summed E-state index contributed by atoms with van der Waals surface area (Å²) in [5, 5.41) is 4.01. The van der Waals surface area contributed by atoms with Crippen LogP contribution in [-0.4, -0.2) is 34.7 Å². The van der Waals surface area contributed by atoms with Crippen LogP contribution in [-0.2, 0) is 22.7 Å². The lowest BCUT2D eigenvalue weighted by atomic mass is 10.2. The first-order chi connectivity index (χ1) is 10.6. The van der Waals surface area contributed by atoms with Crippen LogP contribution >= 0.6 is 22.7 Å². The van der Waals surface area contributed by atoms with E-state index in [0.29, 0.717) is 25.9 Å². The summed E-state index contributed by atoms with van der Waals surface area (Å²) in [7, 11) is 1.81. The minimum absolute atomic E-state index is 0.0378. The van der Waals surface area contributed by atoms with Gasteiger partial charge in [-0.15, -0.1) is 22.7 Å². The fourth-order valence-corrected chi connectivity index (χ4v) is 4.19. The molecule has 2 aromatic rings. The maximum absolute atomic E-state index is 12.7. The third kappa shape index (κ3) is 3.23. The van der Waals surface area contributed by atoms with Crippen LogP contribution in [0.3, 0.4) is 0 Å². The smallest absolute Gasteiger partial charge is 0.245 e. The van der Waals surface area contributed by atoms with Crippen LogP contribution in [0.5, 0.6) is 0 Å². The average Bonchev–Trinajstić information content (AvgIpc) is 3.23. The number of amides is 2. The Labute approximate surface area is 138 Å². The standard InChI is InChI=1S/C16H18N2O2S2/c1-17(10-12-4-2-8-21-12)16(20)14-6-7-15(19)18(14)11-13-5-3-9-22-13/h2-5,8-9,14H,6-7,10-11H2,1H3/t14-/m1/s1. The molecule has 0 aliphatic carbocycles. The maximum Gasteiger partial charge on any atom is 0.245 e. The van der Waals surface area contributed by atoms with Gasteiger partial charge in [0, 0.05) is 23.2 Å². The molecule has 22 heavy (non-hydrogen) atoms. The molecule has 1 saturated heterocycles. The Hall–Kier alpha value is -1.66. The van der Waals surface area contributed by atoms with Crippen LogP contribution in [0.1, 0.15) is 22.6 Å². The summed E-state index contributed by atoms with van der Waals surface area (Å²) < 4.78 is 0. The summed E-state index contributed by atoms with van der Waals surface area (Å²) in [6.07, 6.45) is 1.09. The van der Waals surface area contributed by atoms with Crippen molar-refractivity contribution < 1.29 is 9.59 Å². The molecule has 1 atom stereocenters. The maximum atomic E-state index is 12.7. The average molecular weight is 334 g/mol. The zero-order chi connectivity index (χ0) is 15.5. The molecule has 2 aromatic heterocycles. The van der Waals surface area contributed by atoms with E-state index in [0.717, 1.165) is 9.75 Å². The van der Waals surface area contributed by atoms with Gasteiger partial charge in [-0.2, -0.15) is 0 Å². The fraction of sp³-hybridized carbons (Fsp3) is 0.375. The van der Waals surface area contributed by atoms with E-state index >= 15 is 0 Å². The van der Waals surface area contributed by atoms with Gasteiger partial charge in [-0.05, 0) is 29.3 Å². The van der Waals surface area contributed by atoms with E-state index in [1.807, 2.05) is 42.1 Å². The summed E-state index contributed by atoms with van der Waals surface area (Å²) >= 11 is 3.26. The van der Waals surface area contributed by atoms with Crippen LogP contribution < -0.4 is 0 Å². The van der Waals surface area contributed by atoms with Gasteiger partial charge in [-0.3, -0.25) is 9.59 Å².